The van der Waals surface area contributed by atoms with Crippen LogP contribution >= 0.6 is 0 Å². The van der Waals surface area contributed by atoms with Crippen LogP contribution in [-0.2, 0) is 13.5 Å². The highest BCUT2D eigenvalue weighted by Crippen LogP contribution is 2.16. The number of rotatable bonds is 6. The van der Waals surface area contributed by atoms with Crippen molar-refractivity contribution in [2.24, 2.45) is 13.0 Å². The van der Waals surface area contributed by atoms with Crippen molar-refractivity contribution in [2.45, 2.75) is 40.0 Å². The molecule has 1 heterocycles. The fourth-order valence-electron chi connectivity index (χ4n) is 1.87. The highest BCUT2D eigenvalue weighted by atomic mass is 16.4. The van der Waals surface area contributed by atoms with Gasteiger partial charge in [-0.2, -0.15) is 0 Å². The van der Waals surface area contributed by atoms with Gasteiger partial charge in [0.15, 0.2) is 0 Å². The van der Waals surface area contributed by atoms with Crippen LogP contribution in [0.2, 0.25) is 0 Å². The van der Waals surface area contributed by atoms with Crippen LogP contribution in [0.4, 0.5) is 0 Å². The standard InChI is InChI=1S/C14H22N2O2/c1-10(2)5-6-11(3)7-8-12-13(14(17)18)16(4)9-15-12/h5,9,11H,6-8H2,1-4H3,(H,17,18). The summed E-state index contributed by atoms with van der Waals surface area (Å²) in [6.45, 7) is 6.37. The molecule has 0 radical (unpaired) electrons. The number of hydrogen-bond donors (Lipinski definition) is 1. The lowest BCUT2D eigenvalue weighted by atomic mass is 9.99. The fourth-order valence-corrected chi connectivity index (χ4v) is 1.87. The Bertz CT molecular complexity index is 443. The molecule has 1 N–H and O–H groups in total. The minimum Gasteiger partial charge on any atom is -0.477 e. The van der Waals surface area contributed by atoms with Crippen LogP contribution in [0, 0.1) is 5.92 Å². The van der Waals surface area contributed by atoms with Crippen molar-refractivity contribution in [3.05, 3.63) is 29.4 Å². The van der Waals surface area contributed by atoms with E-state index in [1.165, 1.54) is 5.57 Å². The van der Waals surface area contributed by atoms with Crippen LogP contribution in [0.5, 0.6) is 0 Å². The van der Waals surface area contributed by atoms with E-state index in [0.29, 0.717) is 17.3 Å². The van der Waals surface area contributed by atoms with E-state index in [1.54, 1.807) is 17.9 Å². The summed E-state index contributed by atoms with van der Waals surface area (Å²) in [7, 11) is 1.71. The van der Waals surface area contributed by atoms with Gasteiger partial charge in [0.05, 0.1) is 12.0 Å². The van der Waals surface area contributed by atoms with E-state index >= 15 is 0 Å². The van der Waals surface area contributed by atoms with E-state index in [4.69, 9.17) is 5.11 Å². The first-order valence-electron chi connectivity index (χ1n) is 6.28. The van der Waals surface area contributed by atoms with Gasteiger partial charge < -0.3 is 9.67 Å². The molecule has 100 valence electrons. The van der Waals surface area contributed by atoms with Crippen LogP contribution in [0.1, 0.15) is 49.8 Å². The summed E-state index contributed by atoms with van der Waals surface area (Å²) in [5.41, 5.74) is 2.32. The Morgan fingerprint density at radius 2 is 2.22 bits per heavy atom. The first-order valence-corrected chi connectivity index (χ1v) is 6.28. The maximum absolute atomic E-state index is 11.1. The molecule has 1 unspecified atom stereocenters. The summed E-state index contributed by atoms with van der Waals surface area (Å²) >= 11 is 0. The lowest BCUT2D eigenvalue weighted by molar-refractivity contribution is 0.0685. The molecular formula is C14H22N2O2. The highest BCUT2D eigenvalue weighted by Gasteiger charge is 2.16. The first-order chi connectivity index (χ1) is 8.41. The van der Waals surface area contributed by atoms with Gasteiger partial charge in [0.1, 0.15) is 5.69 Å². The molecule has 18 heavy (non-hydrogen) atoms. The quantitative estimate of drug-likeness (QED) is 0.789. The molecule has 0 bridgehead atoms. The van der Waals surface area contributed by atoms with Gasteiger partial charge in [-0.1, -0.05) is 18.6 Å². The van der Waals surface area contributed by atoms with Gasteiger partial charge in [-0.15, -0.1) is 0 Å². The van der Waals surface area contributed by atoms with Gasteiger partial charge in [-0.3, -0.25) is 0 Å². The Labute approximate surface area is 108 Å². The third-order valence-corrected chi connectivity index (χ3v) is 3.02. The molecule has 0 amide bonds. The van der Waals surface area contributed by atoms with Crippen LogP contribution in [0.3, 0.4) is 0 Å². The molecule has 4 nitrogen and oxygen atoms in total. The maximum Gasteiger partial charge on any atom is 0.354 e. The number of aryl methyl sites for hydroxylation is 2. The number of imidazole rings is 1. The lowest BCUT2D eigenvalue weighted by Crippen LogP contribution is -2.08. The van der Waals surface area contributed by atoms with Crippen molar-refractivity contribution < 1.29 is 9.90 Å². The number of aromatic nitrogens is 2. The zero-order valence-electron chi connectivity index (χ0n) is 11.6. The van der Waals surface area contributed by atoms with E-state index in [1.807, 2.05) is 0 Å². The topological polar surface area (TPSA) is 55.1 Å². The third kappa shape index (κ3) is 4.02. The highest BCUT2D eigenvalue weighted by molar-refractivity contribution is 5.87. The number of carbonyl (C=O) groups is 1. The van der Waals surface area contributed by atoms with E-state index in [9.17, 15) is 4.79 Å². The SMILES string of the molecule is CC(C)=CCC(C)CCc1ncn(C)c1C(=O)O. The minimum atomic E-state index is -0.901. The predicted octanol–water partition coefficient (Wildman–Crippen LogP) is 3.04. The average molecular weight is 250 g/mol. The largest absolute Gasteiger partial charge is 0.477 e. The van der Waals surface area contributed by atoms with Gasteiger partial charge >= 0.3 is 5.97 Å². The molecule has 1 aromatic rings. The van der Waals surface area contributed by atoms with Crippen molar-refractivity contribution in [1.82, 2.24) is 9.55 Å². The zero-order valence-corrected chi connectivity index (χ0v) is 11.6. The van der Waals surface area contributed by atoms with E-state index < -0.39 is 5.97 Å². The molecule has 0 aliphatic carbocycles. The van der Waals surface area contributed by atoms with Crippen LogP contribution in [-0.4, -0.2) is 20.6 Å². The van der Waals surface area contributed by atoms with Gasteiger partial charge in [0.25, 0.3) is 0 Å². The molecule has 0 saturated carbocycles. The molecular weight excluding hydrogens is 228 g/mol. The third-order valence-electron chi connectivity index (χ3n) is 3.02. The van der Waals surface area contributed by atoms with E-state index in [-0.39, 0.29) is 0 Å². The first kappa shape index (κ1) is 14.5. The lowest BCUT2D eigenvalue weighted by Gasteiger charge is -2.08. The zero-order chi connectivity index (χ0) is 13.7. The van der Waals surface area contributed by atoms with Crippen molar-refractivity contribution in [2.75, 3.05) is 0 Å². The Morgan fingerprint density at radius 3 is 2.78 bits per heavy atom. The summed E-state index contributed by atoms with van der Waals surface area (Å²) in [6.07, 6.45) is 6.51. The summed E-state index contributed by atoms with van der Waals surface area (Å²) in [5, 5.41) is 9.11. The average Bonchev–Trinajstić information content (AvgIpc) is 2.65. The van der Waals surface area contributed by atoms with Crippen LogP contribution in [0.15, 0.2) is 18.0 Å². The molecule has 1 rings (SSSR count). The van der Waals surface area contributed by atoms with Crippen molar-refractivity contribution in [1.29, 1.82) is 0 Å². The van der Waals surface area contributed by atoms with Crippen molar-refractivity contribution in [3.63, 3.8) is 0 Å². The molecule has 0 fully saturated rings. The monoisotopic (exact) mass is 250 g/mol. The normalized spacial score (nSPS) is 12.2. The van der Waals surface area contributed by atoms with Crippen LogP contribution < -0.4 is 0 Å². The molecule has 1 atom stereocenters. The summed E-state index contributed by atoms with van der Waals surface area (Å²) in [4.78, 5) is 15.3. The Kier molecular flexibility index (Phi) is 5.13. The second-order valence-corrected chi connectivity index (χ2v) is 5.12. The smallest absolute Gasteiger partial charge is 0.354 e. The molecule has 0 aliphatic rings. The van der Waals surface area contributed by atoms with Crippen molar-refractivity contribution in [3.8, 4) is 0 Å². The molecule has 0 aliphatic heterocycles. The number of carboxylic acids is 1. The van der Waals surface area contributed by atoms with Gasteiger partial charge in [-0.25, -0.2) is 9.78 Å². The molecule has 4 heteroatoms. The van der Waals surface area contributed by atoms with E-state index in [2.05, 4.69) is 31.8 Å². The second-order valence-electron chi connectivity index (χ2n) is 5.12. The summed E-state index contributed by atoms with van der Waals surface area (Å²) in [6, 6.07) is 0. The number of aromatic carboxylic acids is 1. The number of nitrogens with zero attached hydrogens (tertiary/aromatic N) is 2. The Hall–Kier alpha value is -1.58. The summed E-state index contributed by atoms with van der Waals surface area (Å²) < 4.78 is 1.57. The number of allylic oxidation sites excluding steroid dienone is 2. The van der Waals surface area contributed by atoms with E-state index in [0.717, 1.165) is 19.3 Å². The van der Waals surface area contributed by atoms with Crippen LogP contribution in [0.25, 0.3) is 0 Å². The van der Waals surface area contributed by atoms with Gasteiger partial charge in [0, 0.05) is 7.05 Å². The van der Waals surface area contributed by atoms with Crippen molar-refractivity contribution >= 4 is 5.97 Å². The Morgan fingerprint density at radius 1 is 1.56 bits per heavy atom. The second kappa shape index (κ2) is 6.38. The molecule has 0 spiro atoms. The number of carboxylic acid groups (broad SMARTS) is 1. The molecule has 0 aromatic carbocycles. The number of hydrogen-bond acceptors (Lipinski definition) is 2. The minimum absolute atomic E-state index is 0.310. The summed E-state index contributed by atoms with van der Waals surface area (Å²) in [5.74, 6) is -0.356. The fraction of sp³-hybridized carbons (Fsp3) is 0.571. The molecule has 1 aromatic heterocycles. The van der Waals surface area contributed by atoms with Gasteiger partial charge in [-0.05, 0) is 39.0 Å². The maximum atomic E-state index is 11.1. The predicted molar refractivity (Wildman–Crippen MR) is 71.7 cm³/mol. The van der Waals surface area contributed by atoms with Gasteiger partial charge in [0.2, 0.25) is 0 Å². The molecule has 0 saturated heterocycles. The Balaban J connectivity index is 2.59.